The summed E-state index contributed by atoms with van der Waals surface area (Å²) >= 11 is 0. The summed E-state index contributed by atoms with van der Waals surface area (Å²) in [5.41, 5.74) is 5.36. The molecule has 0 fully saturated rings. The number of hydrogen-bond acceptors (Lipinski definition) is 8. The molecule has 0 aliphatic carbocycles. The molecule has 9 nitrogen and oxygen atoms in total. The van der Waals surface area contributed by atoms with E-state index in [0.717, 1.165) is 34.6 Å². The van der Waals surface area contributed by atoms with Crippen LogP contribution in [0.25, 0.3) is 11.3 Å². The van der Waals surface area contributed by atoms with E-state index in [1.165, 1.54) is 0 Å². The van der Waals surface area contributed by atoms with Crippen LogP contribution in [-0.4, -0.2) is 53.3 Å². The van der Waals surface area contributed by atoms with Gasteiger partial charge in [0.2, 0.25) is 5.95 Å². The van der Waals surface area contributed by atoms with Crippen LogP contribution in [0.1, 0.15) is 58.4 Å². The van der Waals surface area contributed by atoms with Crippen LogP contribution in [-0.2, 0) is 23.3 Å². The summed E-state index contributed by atoms with van der Waals surface area (Å²) < 4.78 is 8.60. The van der Waals surface area contributed by atoms with Gasteiger partial charge in [-0.1, -0.05) is 41.5 Å². The number of nitriles is 1. The van der Waals surface area contributed by atoms with Crippen molar-refractivity contribution in [1.29, 1.82) is 5.26 Å². The summed E-state index contributed by atoms with van der Waals surface area (Å²) in [7, 11) is -0.828. The number of hydrogen-bond donors (Lipinski definition) is 2. The second kappa shape index (κ2) is 11.2. The highest BCUT2D eigenvalue weighted by atomic mass is 28.4. The lowest BCUT2D eigenvalue weighted by molar-refractivity contribution is 0.218. The average Bonchev–Trinajstić information content (AvgIpc) is 3.39. The molecule has 0 spiro atoms. The van der Waals surface area contributed by atoms with Gasteiger partial charge in [-0.25, -0.2) is 9.97 Å². The van der Waals surface area contributed by atoms with Crippen LogP contribution < -0.4 is 10.1 Å². The maximum absolute atomic E-state index is 10.7. The van der Waals surface area contributed by atoms with E-state index in [9.17, 15) is 10.3 Å². The van der Waals surface area contributed by atoms with Gasteiger partial charge in [-0.2, -0.15) is 10.4 Å². The van der Waals surface area contributed by atoms with Crippen LogP contribution in [0.15, 0.2) is 30.6 Å². The van der Waals surface area contributed by atoms with E-state index in [1.807, 2.05) is 28.7 Å². The summed E-state index contributed by atoms with van der Waals surface area (Å²) in [6.45, 7) is 20.5. The molecule has 3 aromatic rings. The predicted octanol–water partition coefficient (Wildman–Crippen LogP) is 5.90. The first-order chi connectivity index (χ1) is 19.1. The molecule has 1 aliphatic rings. The van der Waals surface area contributed by atoms with Crippen molar-refractivity contribution in [2.45, 2.75) is 78.3 Å². The molecule has 0 unspecified atom stereocenters. The first-order valence-electron chi connectivity index (χ1n) is 14.3. The zero-order valence-corrected chi connectivity index (χ0v) is 27.2. The van der Waals surface area contributed by atoms with Gasteiger partial charge in [0.1, 0.15) is 6.07 Å². The highest BCUT2D eigenvalue weighted by molar-refractivity contribution is 6.74. The van der Waals surface area contributed by atoms with Crippen molar-refractivity contribution in [1.82, 2.24) is 19.7 Å². The Morgan fingerprint density at radius 1 is 1.29 bits per heavy atom. The highest BCUT2D eigenvalue weighted by Crippen LogP contribution is 2.47. The number of benzene rings is 1. The van der Waals surface area contributed by atoms with Gasteiger partial charge in [-0.3, -0.25) is 4.68 Å². The third-order valence-electron chi connectivity index (χ3n) is 8.56. The summed E-state index contributed by atoms with van der Waals surface area (Å²) in [4.78, 5) is 11.2. The van der Waals surface area contributed by atoms with E-state index in [2.05, 4.69) is 82.2 Å². The quantitative estimate of drug-likeness (QED) is 0.304. The fourth-order valence-corrected chi connectivity index (χ4v) is 6.18. The molecule has 2 N–H and O–H groups in total. The molecule has 1 aliphatic heterocycles. The molecular weight excluding hydrogens is 529 g/mol. The molecule has 41 heavy (non-hydrogen) atoms. The molecule has 0 amide bonds. The fraction of sp³-hybridized carbons (Fsp3) is 0.533. The topological polar surface area (TPSA) is 112 Å². The largest absolute Gasteiger partial charge is 0.432 e. The second-order valence-corrected chi connectivity index (χ2v) is 18.3. The molecule has 0 saturated carbocycles. The van der Waals surface area contributed by atoms with Crippen molar-refractivity contribution >= 4 is 32.7 Å². The maximum atomic E-state index is 10.7. The normalized spacial score (nSPS) is 17.1. The number of nitrogens with one attached hydrogen (secondary N) is 1. The molecule has 0 radical (unpaired) electrons. The second-order valence-electron chi connectivity index (χ2n) is 13.5. The van der Waals surface area contributed by atoms with Gasteiger partial charge in [0, 0.05) is 43.1 Å². The Balaban J connectivity index is 1.74. The Labute approximate surface area is 246 Å². The predicted molar refractivity (Wildman–Crippen MR) is 169 cm³/mol. The van der Waals surface area contributed by atoms with Crippen molar-refractivity contribution in [2.24, 2.45) is 13.0 Å². The van der Waals surface area contributed by atoms with E-state index in [-0.39, 0.29) is 5.04 Å². The van der Waals surface area contributed by atoms with E-state index in [1.54, 1.807) is 19.2 Å². The molecule has 0 saturated heterocycles. The van der Waals surface area contributed by atoms with Crippen LogP contribution in [0, 0.1) is 17.2 Å². The Morgan fingerprint density at radius 2 is 2.00 bits per heavy atom. The molecule has 2 aromatic heterocycles. The lowest BCUT2D eigenvalue weighted by atomic mass is 9.83. The van der Waals surface area contributed by atoms with Crippen LogP contribution in [0.4, 0.5) is 17.3 Å². The number of anilines is 3. The fourth-order valence-electron chi connectivity index (χ4n) is 5.07. The molecule has 1 aromatic carbocycles. The van der Waals surface area contributed by atoms with Gasteiger partial charge >= 0.3 is 7.05 Å². The minimum absolute atomic E-state index is 0.0715. The first-order valence-corrected chi connectivity index (χ1v) is 17.3. The van der Waals surface area contributed by atoms with E-state index < -0.39 is 20.8 Å². The van der Waals surface area contributed by atoms with E-state index in [0.29, 0.717) is 36.3 Å². The Hall–Kier alpha value is -3.20. The van der Waals surface area contributed by atoms with E-state index in [4.69, 9.17) is 9.41 Å². The van der Waals surface area contributed by atoms with Gasteiger partial charge in [0.05, 0.1) is 28.8 Å². The standard InChI is InChI=1S/C30H44BN7O2Si/c1-20(2)13-26-25(17-34-37(26)8)36-28-33-12-11-24(35-28)21-14-22(16-32)27-23(15-21)30(6,18-38(27)31(7)39)19-40-41(9,10)29(3,4)5/h11-12,14-15,17,20,39H,13,18-19H2,1-10H3,(H,33,35,36)/t30-/m1/s1. The van der Waals surface area contributed by atoms with Crippen LogP contribution in [0.3, 0.4) is 0 Å². The minimum atomic E-state index is -2.03. The number of aromatic nitrogens is 4. The molecule has 1 atom stereocenters. The number of aryl methyl sites for hydroxylation is 1. The van der Waals surface area contributed by atoms with Crippen LogP contribution in [0.5, 0.6) is 0 Å². The summed E-state index contributed by atoms with van der Waals surface area (Å²) in [5, 5.41) is 28.8. The van der Waals surface area contributed by atoms with Crippen molar-refractivity contribution in [3.63, 3.8) is 0 Å². The molecule has 3 heterocycles. The van der Waals surface area contributed by atoms with Crippen molar-refractivity contribution in [3.8, 4) is 17.3 Å². The molecule has 0 bridgehead atoms. The van der Waals surface area contributed by atoms with Crippen LogP contribution >= 0.6 is 0 Å². The monoisotopic (exact) mass is 573 g/mol. The lowest BCUT2D eigenvalue weighted by Crippen LogP contribution is -2.47. The van der Waals surface area contributed by atoms with Gasteiger partial charge in [-0.15, -0.1) is 0 Å². The first kappa shape index (κ1) is 30.8. The highest BCUT2D eigenvalue weighted by Gasteiger charge is 2.46. The summed E-state index contributed by atoms with van der Waals surface area (Å²) in [6, 6.07) is 8.20. The zero-order chi connectivity index (χ0) is 30.3. The van der Waals surface area contributed by atoms with Gasteiger partial charge in [-0.05, 0) is 61.1 Å². The molecule has 4 rings (SSSR count). The maximum Gasteiger partial charge on any atom is 0.409 e. The third kappa shape index (κ3) is 6.20. The number of rotatable bonds is 9. The van der Waals surface area contributed by atoms with Gasteiger partial charge in [0.25, 0.3) is 0 Å². The van der Waals surface area contributed by atoms with Crippen molar-refractivity contribution < 1.29 is 9.45 Å². The van der Waals surface area contributed by atoms with Gasteiger partial charge in [0.15, 0.2) is 8.32 Å². The van der Waals surface area contributed by atoms with Crippen molar-refractivity contribution in [2.75, 3.05) is 23.3 Å². The SMILES string of the molecule is CB(O)N1C[C@](C)(CO[Si](C)(C)C(C)(C)C)c2cc(-c3ccnc(Nc4cnn(C)c4CC(C)C)n3)cc(C#N)c21. The molecular formula is C30H44BN7O2Si. The summed E-state index contributed by atoms with van der Waals surface area (Å²) in [5.74, 6) is 0.944. The smallest absolute Gasteiger partial charge is 0.409 e. The lowest BCUT2D eigenvalue weighted by Gasteiger charge is -2.39. The third-order valence-corrected chi connectivity index (χ3v) is 13.0. The minimum Gasteiger partial charge on any atom is -0.432 e. The van der Waals surface area contributed by atoms with Gasteiger partial charge < -0.3 is 19.6 Å². The molecule has 218 valence electrons. The van der Waals surface area contributed by atoms with Crippen molar-refractivity contribution in [3.05, 3.63) is 47.4 Å². The Bertz CT molecular complexity index is 1460. The zero-order valence-electron chi connectivity index (χ0n) is 26.2. The summed E-state index contributed by atoms with van der Waals surface area (Å²) in [6.07, 6.45) is 4.41. The number of nitrogens with zero attached hydrogens (tertiary/aromatic N) is 6. The Morgan fingerprint density at radius 3 is 2.61 bits per heavy atom. The Kier molecular flexibility index (Phi) is 8.43. The molecule has 11 heteroatoms. The van der Waals surface area contributed by atoms with Crippen LogP contribution in [0.2, 0.25) is 25.0 Å². The number of fused-ring (bicyclic) bond motifs is 1. The average molecular weight is 574 g/mol. The van der Waals surface area contributed by atoms with E-state index >= 15 is 0 Å².